The first kappa shape index (κ1) is 12.9. The summed E-state index contributed by atoms with van der Waals surface area (Å²) in [7, 11) is 2.74. The molecule has 82 valence electrons. The molecule has 0 spiro atoms. The van der Waals surface area contributed by atoms with Gasteiger partial charge in [0.05, 0.1) is 13.2 Å². The second-order valence-corrected chi connectivity index (χ2v) is 2.87. The van der Waals surface area contributed by atoms with Gasteiger partial charge in [-0.15, -0.1) is 0 Å². The number of ketones is 1. The molecule has 0 saturated carbocycles. The molecule has 0 aliphatic heterocycles. The van der Waals surface area contributed by atoms with E-state index in [2.05, 4.69) is 10.1 Å². The number of carbonyl (C=O) groups is 2. The van der Waals surface area contributed by atoms with Gasteiger partial charge < -0.3 is 14.8 Å². The van der Waals surface area contributed by atoms with Crippen LogP contribution >= 0.6 is 0 Å². The molecule has 0 aliphatic carbocycles. The van der Waals surface area contributed by atoms with Gasteiger partial charge in [0.25, 0.3) is 0 Å². The van der Waals surface area contributed by atoms with Crippen LogP contribution in [0, 0.1) is 0 Å². The van der Waals surface area contributed by atoms with Gasteiger partial charge in [-0.05, 0) is 6.92 Å². The van der Waals surface area contributed by atoms with Crippen LogP contribution in [-0.4, -0.2) is 38.2 Å². The minimum Gasteiger partial charge on any atom is -0.453 e. The predicted molar refractivity (Wildman–Crippen MR) is 51.1 cm³/mol. The highest BCUT2D eigenvalue weighted by Crippen LogP contribution is 2.02. The van der Waals surface area contributed by atoms with Crippen LogP contribution < -0.4 is 5.32 Å². The molecule has 0 fully saturated rings. The lowest BCUT2D eigenvalue weighted by Gasteiger charge is -2.21. The van der Waals surface area contributed by atoms with Gasteiger partial charge in [0.2, 0.25) is 0 Å². The molecular formula is C9H17NO4. The number of hydrogen-bond acceptors (Lipinski definition) is 4. The molecule has 5 heteroatoms. The number of carbonyl (C=O) groups excluding carboxylic acids is 2. The number of hydrogen-bond donors (Lipinski definition) is 1. The Hall–Kier alpha value is -1.10. The van der Waals surface area contributed by atoms with Crippen molar-refractivity contribution >= 4 is 11.9 Å². The SMILES string of the molecule is CCC(=O)[C@@H](NC(=O)OC)[C@H](C)OC. The third-order valence-corrected chi connectivity index (χ3v) is 2.00. The molecule has 0 heterocycles. The molecule has 5 nitrogen and oxygen atoms in total. The van der Waals surface area contributed by atoms with Crippen LogP contribution in [0.4, 0.5) is 4.79 Å². The molecule has 0 aliphatic rings. The molecule has 14 heavy (non-hydrogen) atoms. The zero-order valence-electron chi connectivity index (χ0n) is 8.99. The van der Waals surface area contributed by atoms with Crippen LogP contribution in [0.1, 0.15) is 20.3 Å². The van der Waals surface area contributed by atoms with Crippen molar-refractivity contribution in [1.82, 2.24) is 5.32 Å². The van der Waals surface area contributed by atoms with E-state index in [1.165, 1.54) is 14.2 Å². The molecule has 0 unspecified atom stereocenters. The van der Waals surface area contributed by atoms with E-state index >= 15 is 0 Å². The Kier molecular flexibility index (Phi) is 5.87. The van der Waals surface area contributed by atoms with Crippen molar-refractivity contribution in [2.24, 2.45) is 0 Å². The summed E-state index contributed by atoms with van der Waals surface area (Å²) in [4.78, 5) is 22.3. The topological polar surface area (TPSA) is 64.6 Å². The number of ether oxygens (including phenoxy) is 2. The Morgan fingerprint density at radius 1 is 1.36 bits per heavy atom. The fraction of sp³-hybridized carbons (Fsp3) is 0.778. The predicted octanol–water partition coefficient (Wildman–Crippen LogP) is 0.725. The third kappa shape index (κ3) is 3.74. The fourth-order valence-electron chi connectivity index (χ4n) is 1.00. The second-order valence-electron chi connectivity index (χ2n) is 2.87. The minimum absolute atomic E-state index is 0.0789. The van der Waals surface area contributed by atoms with E-state index in [9.17, 15) is 9.59 Å². The monoisotopic (exact) mass is 203 g/mol. The highest BCUT2D eigenvalue weighted by molar-refractivity contribution is 5.87. The molecule has 0 aromatic heterocycles. The zero-order valence-corrected chi connectivity index (χ0v) is 8.99. The van der Waals surface area contributed by atoms with Gasteiger partial charge in [-0.25, -0.2) is 4.79 Å². The van der Waals surface area contributed by atoms with Crippen LogP contribution in [-0.2, 0) is 14.3 Å². The number of amides is 1. The normalized spacial score (nSPS) is 14.3. The summed E-state index contributed by atoms with van der Waals surface area (Å²) < 4.78 is 9.40. The number of rotatable bonds is 5. The molecule has 0 saturated heterocycles. The molecule has 0 bridgehead atoms. The molecule has 0 aromatic rings. The summed E-state index contributed by atoms with van der Waals surface area (Å²) in [5.74, 6) is -0.0789. The van der Waals surface area contributed by atoms with Crippen molar-refractivity contribution in [3.05, 3.63) is 0 Å². The molecule has 0 rings (SSSR count). The van der Waals surface area contributed by atoms with E-state index in [0.29, 0.717) is 6.42 Å². The highest BCUT2D eigenvalue weighted by Gasteiger charge is 2.25. The van der Waals surface area contributed by atoms with Gasteiger partial charge >= 0.3 is 6.09 Å². The number of methoxy groups -OCH3 is 2. The summed E-state index contributed by atoms with van der Waals surface area (Å²) in [5.41, 5.74) is 0. The van der Waals surface area contributed by atoms with Crippen LogP contribution in [0.5, 0.6) is 0 Å². The first-order valence-corrected chi connectivity index (χ1v) is 4.46. The van der Waals surface area contributed by atoms with E-state index in [4.69, 9.17) is 4.74 Å². The van der Waals surface area contributed by atoms with E-state index in [1.54, 1.807) is 13.8 Å². The van der Waals surface area contributed by atoms with Crippen LogP contribution in [0.25, 0.3) is 0 Å². The molecular weight excluding hydrogens is 186 g/mol. The van der Waals surface area contributed by atoms with Gasteiger partial charge in [0.1, 0.15) is 6.04 Å². The van der Waals surface area contributed by atoms with Gasteiger partial charge in [-0.1, -0.05) is 6.92 Å². The lowest BCUT2D eigenvalue weighted by molar-refractivity contribution is -0.123. The Labute approximate surface area is 83.8 Å². The Bertz CT molecular complexity index is 205. The first-order chi connectivity index (χ1) is 6.56. The summed E-state index contributed by atoms with van der Waals surface area (Å²) in [6.07, 6.45) is -0.634. The van der Waals surface area contributed by atoms with Crippen molar-refractivity contribution in [2.75, 3.05) is 14.2 Å². The standard InChI is InChI=1S/C9H17NO4/c1-5-7(11)8(6(2)13-3)10-9(12)14-4/h6,8H,5H2,1-4H3,(H,10,12)/t6-,8-/m0/s1. The molecule has 0 radical (unpaired) electrons. The zero-order chi connectivity index (χ0) is 11.1. The lowest BCUT2D eigenvalue weighted by atomic mass is 10.1. The van der Waals surface area contributed by atoms with Crippen molar-refractivity contribution in [1.29, 1.82) is 0 Å². The highest BCUT2D eigenvalue weighted by atomic mass is 16.5. The van der Waals surface area contributed by atoms with Crippen LogP contribution in [0.15, 0.2) is 0 Å². The molecule has 1 N–H and O–H groups in total. The fourth-order valence-corrected chi connectivity index (χ4v) is 1.00. The van der Waals surface area contributed by atoms with Gasteiger partial charge in [0.15, 0.2) is 5.78 Å². The average molecular weight is 203 g/mol. The van der Waals surface area contributed by atoms with E-state index in [0.717, 1.165) is 0 Å². The van der Waals surface area contributed by atoms with Crippen molar-refractivity contribution in [2.45, 2.75) is 32.4 Å². The Morgan fingerprint density at radius 2 is 1.93 bits per heavy atom. The summed E-state index contributed by atoms with van der Waals surface area (Å²) >= 11 is 0. The van der Waals surface area contributed by atoms with Crippen molar-refractivity contribution in [3.63, 3.8) is 0 Å². The average Bonchev–Trinajstić information content (AvgIpc) is 2.23. The van der Waals surface area contributed by atoms with Crippen molar-refractivity contribution in [3.8, 4) is 0 Å². The van der Waals surface area contributed by atoms with Crippen molar-refractivity contribution < 1.29 is 19.1 Å². The van der Waals surface area contributed by atoms with Crippen LogP contribution in [0.3, 0.4) is 0 Å². The smallest absolute Gasteiger partial charge is 0.407 e. The number of Topliss-reactive ketones (excluding diaryl/α,β-unsaturated/α-hetero) is 1. The maximum Gasteiger partial charge on any atom is 0.407 e. The summed E-state index contributed by atoms with van der Waals surface area (Å²) in [6, 6.07) is -0.641. The van der Waals surface area contributed by atoms with Gasteiger partial charge in [-0.2, -0.15) is 0 Å². The maximum atomic E-state index is 11.4. The largest absolute Gasteiger partial charge is 0.453 e. The number of nitrogens with one attached hydrogen (secondary N) is 1. The van der Waals surface area contributed by atoms with E-state index in [-0.39, 0.29) is 11.9 Å². The minimum atomic E-state index is -0.641. The maximum absolute atomic E-state index is 11.4. The van der Waals surface area contributed by atoms with Crippen LogP contribution in [0.2, 0.25) is 0 Å². The molecule has 2 atom stereocenters. The lowest BCUT2D eigenvalue weighted by Crippen LogP contribution is -2.48. The summed E-state index contributed by atoms with van der Waals surface area (Å²) in [6.45, 7) is 3.45. The van der Waals surface area contributed by atoms with E-state index in [1.807, 2.05) is 0 Å². The van der Waals surface area contributed by atoms with Gasteiger partial charge in [-0.3, -0.25) is 4.79 Å². The summed E-state index contributed by atoms with van der Waals surface area (Å²) in [5, 5.41) is 2.43. The third-order valence-electron chi connectivity index (χ3n) is 2.00. The quantitative estimate of drug-likeness (QED) is 0.715. The van der Waals surface area contributed by atoms with E-state index < -0.39 is 12.1 Å². The Balaban J connectivity index is 4.39. The number of alkyl carbamates (subject to hydrolysis) is 1. The molecule has 0 aromatic carbocycles. The Morgan fingerprint density at radius 3 is 2.29 bits per heavy atom. The first-order valence-electron chi connectivity index (χ1n) is 4.46. The molecule has 1 amide bonds. The van der Waals surface area contributed by atoms with Gasteiger partial charge in [0, 0.05) is 13.5 Å². The second kappa shape index (κ2) is 6.37.